The van der Waals surface area contributed by atoms with Gasteiger partial charge in [0.05, 0.1) is 29.3 Å². The minimum absolute atomic E-state index is 0.0424. The van der Waals surface area contributed by atoms with Crippen LogP contribution in [0, 0.1) is 16.7 Å². The second kappa shape index (κ2) is 8.99. The molecule has 37 heavy (non-hydrogen) atoms. The van der Waals surface area contributed by atoms with E-state index in [0.29, 0.717) is 42.4 Å². The topological polar surface area (TPSA) is 126 Å². The predicted molar refractivity (Wildman–Crippen MR) is 136 cm³/mol. The maximum absolute atomic E-state index is 13.4. The van der Waals surface area contributed by atoms with Gasteiger partial charge in [-0.1, -0.05) is 31.4 Å². The van der Waals surface area contributed by atoms with E-state index in [2.05, 4.69) is 16.4 Å². The van der Waals surface area contributed by atoms with Gasteiger partial charge in [0.15, 0.2) is 16.7 Å². The van der Waals surface area contributed by atoms with Crippen LogP contribution in [0.25, 0.3) is 22.2 Å². The van der Waals surface area contributed by atoms with Gasteiger partial charge in [-0.25, -0.2) is 14.7 Å². The molecular weight excluding hydrogens is 492 g/mol. The van der Waals surface area contributed by atoms with Gasteiger partial charge in [0.1, 0.15) is 12.2 Å². The smallest absolute Gasteiger partial charge is 0.416 e. The Hall–Kier alpha value is -3.71. The van der Waals surface area contributed by atoms with Crippen molar-refractivity contribution in [3.8, 4) is 17.3 Å². The first-order valence-electron chi connectivity index (χ1n) is 12.6. The first-order valence-corrected chi connectivity index (χ1v) is 13.5. The van der Waals surface area contributed by atoms with Crippen LogP contribution in [0.3, 0.4) is 0 Å². The Morgan fingerprint density at radius 1 is 1.16 bits per heavy atom. The number of thiazole rings is 1. The van der Waals surface area contributed by atoms with E-state index in [-0.39, 0.29) is 18.0 Å². The summed E-state index contributed by atoms with van der Waals surface area (Å²) >= 11 is 1.36. The number of carbonyl (C=O) groups is 3. The summed E-state index contributed by atoms with van der Waals surface area (Å²) in [7, 11) is 0. The molecule has 2 saturated carbocycles. The molecule has 2 aromatic heterocycles. The van der Waals surface area contributed by atoms with Crippen LogP contribution in [0.1, 0.15) is 61.9 Å². The van der Waals surface area contributed by atoms with Crippen LogP contribution >= 0.6 is 11.3 Å². The molecule has 1 aliphatic heterocycles. The lowest BCUT2D eigenvalue weighted by atomic mass is 9.75. The fourth-order valence-electron chi connectivity index (χ4n) is 5.25. The van der Waals surface area contributed by atoms with E-state index >= 15 is 0 Å². The number of amides is 2. The van der Waals surface area contributed by atoms with E-state index in [1.54, 1.807) is 6.07 Å². The average molecular weight is 519 g/mol. The van der Waals surface area contributed by atoms with Crippen molar-refractivity contribution in [3.63, 3.8) is 0 Å². The monoisotopic (exact) mass is 518 g/mol. The molecule has 0 spiro atoms. The Balaban J connectivity index is 1.22. The molecule has 6 rings (SSSR count). The molecule has 0 radical (unpaired) electrons. The van der Waals surface area contributed by atoms with Gasteiger partial charge in [-0.15, -0.1) is 11.3 Å². The maximum Gasteiger partial charge on any atom is 0.416 e. The quantitative estimate of drug-likeness (QED) is 0.455. The number of furan rings is 1. The number of anilines is 1. The Kier molecular flexibility index (Phi) is 5.75. The number of nitrogens with zero attached hydrogens (tertiary/aromatic N) is 3. The summed E-state index contributed by atoms with van der Waals surface area (Å²) in [5.41, 5.74) is 0.534. The third-order valence-electron chi connectivity index (χ3n) is 7.71. The summed E-state index contributed by atoms with van der Waals surface area (Å²) in [5.74, 6) is -0.317. The molecule has 0 atom stereocenters. The van der Waals surface area contributed by atoms with Crippen LogP contribution in [0.15, 0.2) is 34.1 Å². The van der Waals surface area contributed by atoms with Crippen LogP contribution in [0.4, 0.5) is 9.93 Å². The number of hydrogen-bond acceptors (Lipinski definition) is 8. The number of ether oxygens (including phenoxy) is 1. The van der Waals surface area contributed by atoms with Gasteiger partial charge in [-0.2, -0.15) is 5.26 Å². The van der Waals surface area contributed by atoms with Gasteiger partial charge in [0.25, 0.3) is 5.91 Å². The molecule has 3 aromatic rings. The van der Waals surface area contributed by atoms with Crippen molar-refractivity contribution in [2.75, 3.05) is 18.1 Å². The molecule has 2 aliphatic carbocycles. The van der Waals surface area contributed by atoms with E-state index in [4.69, 9.17) is 9.15 Å². The van der Waals surface area contributed by atoms with Crippen LogP contribution in [-0.2, 0) is 9.53 Å². The molecule has 9 nitrogen and oxygen atoms in total. The third-order valence-corrected chi connectivity index (χ3v) is 8.57. The molecule has 3 fully saturated rings. The van der Waals surface area contributed by atoms with E-state index < -0.39 is 23.0 Å². The Morgan fingerprint density at radius 2 is 1.97 bits per heavy atom. The van der Waals surface area contributed by atoms with Gasteiger partial charge < -0.3 is 14.5 Å². The summed E-state index contributed by atoms with van der Waals surface area (Å²) in [5, 5.41) is 15.7. The molecule has 0 unspecified atom stereocenters. The highest BCUT2D eigenvalue weighted by atomic mass is 32.1. The number of aromatic nitrogens is 1. The van der Waals surface area contributed by atoms with Gasteiger partial charge in [-0.05, 0) is 37.8 Å². The summed E-state index contributed by atoms with van der Waals surface area (Å²) in [4.78, 5) is 44.6. The molecule has 190 valence electrons. The Bertz CT molecular complexity index is 1440. The zero-order valence-electron chi connectivity index (χ0n) is 20.2. The highest BCUT2D eigenvalue weighted by Crippen LogP contribution is 2.49. The van der Waals surface area contributed by atoms with Gasteiger partial charge >= 0.3 is 6.09 Å². The lowest BCUT2D eigenvalue weighted by Gasteiger charge is -2.37. The molecule has 2 amide bonds. The third kappa shape index (κ3) is 4.37. The fraction of sp³-hybridized carbons (Fsp3) is 0.444. The van der Waals surface area contributed by atoms with E-state index in [9.17, 15) is 19.6 Å². The number of hydrogen-bond donors (Lipinski definition) is 1. The number of nitriles is 1. The SMILES string of the molecule is N#CC1(CC(=O)C2(NC(=O)c3cc4ccc(-c5csc(N6CCOC6=O)n5)cc4o3)CCCCC2)CC1. The predicted octanol–water partition coefficient (Wildman–Crippen LogP) is 5.21. The molecule has 1 N–H and O–H groups in total. The fourth-order valence-corrected chi connectivity index (χ4v) is 6.10. The number of cyclic esters (lactones) is 1. The van der Waals surface area contributed by atoms with Gasteiger partial charge in [-0.3, -0.25) is 9.59 Å². The Labute approximate surface area is 217 Å². The molecule has 1 aromatic carbocycles. The van der Waals surface area contributed by atoms with Crippen molar-refractivity contribution in [2.24, 2.45) is 5.41 Å². The first-order chi connectivity index (χ1) is 17.9. The standard InChI is InChI=1S/C27H26N4O5S/c28-16-26(8-9-26)14-22(32)27(6-2-1-3-7-27)30-23(33)21-13-18-5-4-17(12-20(18)36-21)19-15-37-24(29-19)31-10-11-35-25(31)34/h4-5,12-13,15H,1-3,6-11,14H2,(H,30,33). The average Bonchev–Trinajstić information content (AvgIpc) is 3.25. The minimum Gasteiger partial charge on any atom is -0.451 e. The Morgan fingerprint density at radius 3 is 2.68 bits per heavy atom. The number of ketones is 1. The van der Waals surface area contributed by atoms with Crippen LogP contribution in [0.2, 0.25) is 0 Å². The first kappa shape index (κ1) is 23.7. The van der Waals surface area contributed by atoms with Crippen molar-refractivity contribution in [1.82, 2.24) is 10.3 Å². The number of rotatable bonds is 7. The highest BCUT2D eigenvalue weighted by molar-refractivity contribution is 7.14. The second-order valence-electron chi connectivity index (χ2n) is 10.2. The number of benzene rings is 1. The molecule has 10 heteroatoms. The van der Waals surface area contributed by atoms with Crippen molar-refractivity contribution in [2.45, 2.75) is 56.9 Å². The highest BCUT2D eigenvalue weighted by Gasteiger charge is 2.50. The molecule has 3 heterocycles. The normalized spacial score (nSPS) is 19.9. The molecule has 1 saturated heterocycles. The van der Waals surface area contributed by atoms with Gasteiger partial charge in [0, 0.05) is 22.8 Å². The van der Waals surface area contributed by atoms with Crippen molar-refractivity contribution >= 4 is 45.2 Å². The summed E-state index contributed by atoms with van der Waals surface area (Å²) in [6.45, 7) is 0.825. The van der Waals surface area contributed by atoms with Crippen molar-refractivity contribution < 1.29 is 23.5 Å². The summed E-state index contributed by atoms with van der Waals surface area (Å²) in [6, 6.07) is 9.55. The van der Waals surface area contributed by atoms with Crippen molar-refractivity contribution in [1.29, 1.82) is 5.26 Å². The number of carbonyl (C=O) groups excluding carboxylic acids is 3. The number of nitrogens with one attached hydrogen (secondary N) is 1. The van der Waals surface area contributed by atoms with E-state index in [0.717, 1.165) is 43.1 Å². The van der Waals surface area contributed by atoms with Gasteiger partial charge in [0.2, 0.25) is 0 Å². The maximum atomic E-state index is 13.4. The molecule has 3 aliphatic rings. The lowest BCUT2D eigenvalue weighted by Crippen LogP contribution is -2.56. The zero-order valence-corrected chi connectivity index (χ0v) is 21.1. The largest absolute Gasteiger partial charge is 0.451 e. The van der Waals surface area contributed by atoms with Crippen LogP contribution in [-0.4, -0.2) is 41.5 Å². The summed E-state index contributed by atoms with van der Waals surface area (Å²) < 4.78 is 10.9. The summed E-state index contributed by atoms with van der Waals surface area (Å²) in [6.07, 6.45) is 5.20. The molecular formula is C27H26N4O5S. The lowest BCUT2D eigenvalue weighted by molar-refractivity contribution is -0.127. The number of fused-ring (bicyclic) bond motifs is 1. The van der Waals surface area contributed by atoms with Crippen LogP contribution in [0.5, 0.6) is 0 Å². The zero-order chi connectivity index (χ0) is 25.6. The second-order valence-corrected chi connectivity index (χ2v) is 11.1. The van der Waals surface area contributed by atoms with Crippen LogP contribution < -0.4 is 10.2 Å². The van der Waals surface area contributed by atoms with Crippen molar-refractivity contribution in [3.05, 3.63) is 35.4 Å². The van der Waals surface area contributed by atoms with E-state index in [1.807, 2.05) is 23.6 Å². The van der Waals surface area contributed by atoms with E-state index in [1.165, 1.54) is 16.2 Å². The number of Topliss-reactive ketones (excluding diaryl/α,β-unsaturated/α-hetero) is 1. The minimum atomic E-state index is -0.945. The molecule has 0 bridgehead atoms.